The summed E-state index contributed by atoms with van der Waals surface area (Å²) in [5.74, 6) is 1.50. The van der Waals surface area contributed by atoms with Gasteiger partial charge in [-0.25, -0.2) is 4.98 Å². The monoisotopic (exact) mass is 367 g/mol. The second-order valence-corrected chi connectivity index (χ2v) is 7.26. The van der Waals surface area contributed by atoms with Crippen LogP contribution in [0.4, 0.5) is 11.5 Å². The molecule has 144 valence electrons. The highest BCUT2D eigenvalue weighted by Gasteiger charge is 2.15. The maximum atomic E-state index is 6.11. The number of hydrogen-bond acceptors (Lipinski definition) is 7. The van der Waals surface area contributed by atoms with Gasteiger partial charge in [-0.2, -0.15) is 0 Å². The third-order valence-corrected chi connectivity index (χ3v) is 4.85. The third-order valence-electron chi connectivity index (χ3n) is 4.85. The van der Waals surface area contributed by atoms with Crippen molar-refractivity contribution in [2.75, 3.05) is 43.4 Å². The van der Waals surface area contributed by atoms with E-state index in [-0.39, 0.29) is 0 Å². The van der Waals surface area contributed by atoms with Crippen LogP contribution in [-0.4, -0.2) is 48.1 Å². The van der Waals surface area contributed by atoms with E-state index in [2.05, 4.69) is 52.0 Å². The van der Waals surface area contributed by atoms with Gasteiger partial charge in [0.15, 0.2) is 0 Å². The van der Waals surface area contributed by atoms with E-state index >= 15 is 0 Å². The highest BCUT2D eigenvalue weighted by Crippen LogP contribution is 2.21. The highest BCUT2D eigenvalue weighted by atomic mass is 15.2. The van der Waals surface area contributed by atoms with E-state index in [0.29, 0.717) is 17.6 Å². The normalized spacial score (nSPS) is 17.0. The number of nitrogens with one attached hydrogen (secondary N) is 1. The Kier molecular flexibility index (Phi) is 5.81. The lowest BCUT2D eigenvalue weighted by Crippen LogP contribution is -2.44. The first-order valence-corrected chi connectivity index (χ1v) is 9.32. The second-order valence-electron chi connectivity index (χ2n) is 7.26. The van der Waals surface area contributed by atoms with Crippen molar-refractivity contribution in [2.45, 2.75) is 13.8 Å². The van der Waals surface area contributed by atoms with Gasteiger partial charge in [0.25, 0.3) is 0 Å². The summed E-state index contributed by atoms with van der Waals surface area (Å²) in [5.41, 5.74) is 15.6. The van der Waals surface area contributed by atoms with Gasteiger partial charge >= 0.3 is 0 Å². The van der Waals surface area contributed by atoms with Crippen molar-refractivity contribution < 1.29 is 0 Å². The average Bonchev–Trinajstić information content (AvgIpc) is 2.66. The molecule has 7 nitrogen and oxygen atoms in total. The number of nitrogens with two attached hydrogens (primary N) is 2. The third kappa shape index (κ3) is 4.68. The fraction of sp³-hybridized carbons (Fsp3) is 0.400. The molecule has 1 fully saturated rings. The number of pyridine rings is 2. The smallest absolute Gasteiger partial charge is 0.132 e. The summed E-state index contributed by atoms with van der Waals surface area (Å²) >= 11 is 0. The van der Waals surface area contributed by atoms with Gasteiger partial charge in [-0.05, 0) is 49.0 Å². The molecule has 0 aliphatic carbocycles. The molecule has 0 bridgehead atoms. The molecule has 0 spiro atoms. The van der Waals surface area contributed by atoms with Gasteiger partial charge in [0, 0.05) is 26.2 Å². The summed E-state index contributed by atoms with van der Waals surface area (Å²) in [6.07, 6.45) is 5.35. The Hall–Kier alpha value is -2.80. The van der Waals surface area contributed by atoms with E-state index in [4.69, 9.17) is 11.5 Å². The zero-order valence-electron chi connectivity index (χ0n) is 16.3. The Morgan fingerprint density at radius 1 is 1.19 bits per heavy atom. The molecule has 1 aliphatic rings. The summed E-state index contributed by atoms with van der Waals surface area (Å²) in [7, 11) is 2.15. The number of piperazine rings is 1. The molecule has 3 rings (SSSR count). The van der Waals surface area contributed by atoms with Crippen LogP contribution < -0.4 is 21.7 Å². The molecule has 2 aromatic heterocycles. The number of allylic oxidation sites excluding steroid dienone is 2. The number of anilines is 2. The summed E-state index contributed by atoms with van der Waals surface area (Å²) in [6, 6.07) is 5.93. The van der Waals surface area contributed by atoms with Crippen molar-refractivity contribution in [2.24, 2.45) is 17.4 Å². The largest absolute Gasteiger partial charge is 0.404 e. The predicted octanol–water partition coefficient (Wildman–Crippen LogP) is 2.09. The fourth-order valence-electron chi connectivity index (χ4n) is 3.07. The van der Waals surface area contributed by atoms with E-state index in [0.717, 1.165) is 48.5 Å². The molecular weight excluding hydrogens is 338 g/mol. The van der Waals surface area contributed by atoms with Crippen LogP contribution in [0, 0.1) is 5.92 Å². The van der Waals surface area contributed by atoms with Crippen LogP contribution in [0.1, 0.15) is 13.8 Å². The lowest BCUT2D eigenvalue weighted by Gasteiger charge is -2.33. The molecule has 3 heterocycles. The summed E-state index contributed by atoms with van der Waals surface area (Å²) < 4.78 is 0. The molecule has 0 aromatic carbocycles. The van der Waals surface area contributed by atoms with E-state index < -0.39 is 0 Å². The molecule has 5 N–H and O–H groups in total. The van der Waals surface area contributed by atoms with Crippen LogP contribution in [0.25, 0.3) is 11.0 Å². The molecule has 1 saturated heterocycles. The molecule has 0 saturated carbocycles. The topological polar surface area (TPSA) is 96.3 Å². The quantitative estimate of drug-likeness (QED) is 0.696. The minimum absolute atomic E-state index is 0.301. The van der Waals surface area contributed by atoms with Crippen LogP contribution >= 0.6 is 0 Å². The molecule has 1 aliphatic heterocycles. The summed E-state index contributed by atoms with van der Waals surface area (Å²) in [4.78, 5) is 13.9. The Balaban J connectivity index is 1.80. The van der Waals surface area contributed by atoms with Crippen molar-refractivity contribution >= 4 is 22.5 Å². The van der Waals surface area contributed by atoms with Crippen LogP contribution in [0.15, 0.2) is 48.1 Å². The van der Waals surface area contributed by atoms with Gasteiger partial charge in [-0.15, -0.1) is 0 Å². The fourth-order valence-corrected chi connectivity index (χ4v) is 3.07. The van der Waals surface area contributed by atoms with E-state index in [1.54, 1.807) is 6.20 Å². The maximum Gasteiger partial charge on any atom is 0.132 e. The van der Waals surface area contributed by atoms with Crippen molar-refractivity contribution in [3.8, 4) is 0 Å². The molecule has 2 aromatic rings. The van der Waals surface area contributed by atoms with Gasteiger partial charge in [-0.1, -0.05) is 13.8 Å². The Morgan fingerprint density at radius 3 is 2.59 bits per heavy atom. The first-order chi connectivity index (χ1) is 13.0. The molecule has 7 heteroatoms. The predicted molar refractivity (Wildman–Crippen MR) is 112 cm³/mol. The Bertz CT molecular complexity index is 849. The highest BCUT2D eigenvalue weighted by molar-refractivity contribution is 5.79. The van der Waals surface area contributed by atoms with Gasteiger partial charge < -0.3 is 26.6 Å². The van der Waals surface area contributed by atoms with E-state index in [1.165, 1.54) is 0 Å². The summed E-state index contributed by atoms with van der Waals surface area (Å²) in [5, 5.41) is 3.14. The molecular formula is C20H29N7. The first kappa shape index (κ1) is 19.0. The van der Waals surface area contributed by atoms with Gasteiger partial charge in [-0.3, -0.25) is 4.98 Å². The lowest BCUT2D eigenvalue weighted by molar-refractivity contribution is 0.313. The van der Waals surface area contributed by atoms with Crippen LogP contribution in [0.3, 0.4) is 0 Å². The standard InChI is InChI=1S/C20H29N7/c1-14(2)15(12-21)10-19(22)25-20-5-4-17-18(24-20)11-16(13-23-17)27-8-6-26(3)7-9-27/h4-5,10-14H,6-9,21-22H2,1-3H3,(H,24,25)/b15-12+,19-10+. The number of nitrogens with zero attached hydrogens (tertiary/aromatic N) is 4. The number of rotatable bonds is 5. The zero-order chi connectivity index (χ0) is 19.4. The minimum Gasteiger partial charge on any atom is -0.404 e. The zero-order valence-corrected chi connectivity index (χ0v) is 16.3. The molecule has 0 amide bonds. The average molecular weight is 368 g/mol. The van der Waals surface area contributed by atoms with Crippen LogP contribution in [0.5, 0.6) is 0 Å². The molecule has 0 atom stereocenters. The van der Waals surface area contributed by atoms with Crippen molar-refractivity contribution in [1.82, 2.24) is 14.9 Å². The SMILES string of the molecule is CC(C)C(=C/N)/C=C(\N)Nc1ccc2ncc(N3CCN(C)CC3)cc2n1. The van der Waals surface area contributed by atoms with E-state index in [9.17, 15) is 0 Å². The molecule has 0 unspecified atom stereocenters. The number of aromatic nitrogens is 2. The van der Waals surface area contributed by atoms with Crippen LogP contribution in [0.2, 0.25) is 0 Å². The lowest BCUT2D eigenvalue weighted by atomic mass is 10.0. The van der Waals surface area contributed by atoms with Crippen LogP contribution in [-0.2, 0) is 0 Å². The van der Waals surface area contributed by atoms with Crippen molar-refractivity contribution in [3.05, 3.63) is 48.1 Å². The number of likely N-dealkylation sites (N-methyl/N-ethyl adjacent to an activating group) is 1. The maximum absolute atomic E-state index is 6.11. The minimum atomic E-state index is 0.301. The number of hydrogen-bond donors (Lipinski definition) is 3. The van der Waals surface area contributed by atoms with Crippen molar-refractivity contribution in [1.29, 1.82) is 0 Å². The Morgan fingerprint density at radius 2 is 1.93 bits per heavy atom. The summed E-state index contributed by atoms with van der Waals surface area (Å²) in [6.45, 7) is 8.26. The van der Waals surface area contributed by atoms with Gasteiger partial charge in [0.05, 0.1) is 22.9 Å². The number of fused-ring (bicyclic) bond motifs is 1. The van der Waals surface area contributed by atoms with Gasteiger partial charge in [0.2, 0.25) is 0 Å². The Labute approximate surface area is 160 Å². The molecule has 0 radical (unpaired) electrons. The van der Waals surface area contributed by atoms with Gasteiger partial charge in [0.1, 0.15) is 11.6 Å². The molecule has 27 heavy (non-hydrogen) atoms. The first-order valence-electron chi connectivity index (χ1n) is 9.32. The second kappa shape index (κ2) is 8.26. The van der Waals surface area contributed by atoms with E-state index in [1.807, 2.05) is 24.4 Å². The van der Waals surface area contributed by atoms with Crippen molar-refractivity contribution in [3.63, 3.8) is 0 Å².